The number of carbonyl (C=O) groups excluding carboxylic acids is 1. The van der Waals surface area contributed by atoms with Crippen LogP contribution in [0, 0.1) is 0 Å². The molecule has 0 bridgehead atoms. The molecule has 100 valence electrons. The Balaban J connectivity index is 2.65. The predicted molar refractivity (Wildman–Crippen MR) is 69.8 cm³/mol. The number of aromatic hydroxyl groups is 2. The molecule has 2 N–H and O–H groups in total. The fourth-order valence-corrected chi connectivity index (χ4v) is 1.88. The fourth-order valence-electron chi connectivity index (χ4n) is 1.88. The molecule has 2 aromatic rings. The maximum Gasteiger partial charge on any atom is 0.345 e. The zero-order valence-corrected chi connectivity index (χ0v) is 10.6. The van der Waals surface area contributed by atoms with Crippen LogP contribution in [-0.2, 0) is 4.74 Å². The second-order valence-corrected chi connectivity index (χ2v) is 3.93. The maximum absolute atomic E-state index is 11.7. The Morgan fingerprint density at radius 1 is 1.26 bits per heavy atom. The van der Waals surface area contributed by atoms with Gasteiger partial charge in [0.25, 0.3) is 0 Å². The Bertz CT molecular complexity index is 633. The van der Waals surface area contributed by atoms with Gasteiger partial charge in [-0.2, -0.15) is 0 Å². The van der Waals surface area contributed by atoms with Gasteiger partial charge in [0.1, 0.15) is 22.8 Å². The Hall–Kier alpha value is -2.43. The van der Waals surface area contributed by atoms with Gasteiger partial charge in [-0.15, -0.1) is 0 Å². The summed E-state index contributed by atoms with van der Waals surface area (Å²) < 4.78 is 9.86. The lowest BCUT2D eigenvalue weighted by Gasteiger charge is -2.10. The van der Waals surface area contributed by atoms with Gasteiger partial charge in [0, 0.05) is 5.39 Å². The number of ether oxygens (including phenoxy) is 2. The summed E-state index contributed by atoms with van der Waals surface area (Å²) in [4.78, 5) is 11.7. The molecular formula is C14H14O5. The molecule has 0 fully saturated rings. The van der Waals surface area contributed by atoms with Crippen LogP contribution in [0.1, 0.15) is 17.3 Å². The Kier molecular flexibility index (Phi) is 3.46. The number of hydrogen-bond acceptors (Lipinski definition) is 5. The zero-order valence-electron chi connectivity index (χ0n) is 10.6. The minimum atomic E-state index is -0.754. The van der Waals surface area contributed by atoms with Gasteiger partial charge in [-0.05, 0) is 36.6 Å². The van der Waals surface area contributed by atoms with Crippen molar-refractivity contribution in [2.45, 2.75) is 6.92 Å². The normalized spacial score (nSPS) is 10.4. The molecule has 2 rings (SSSR count). The van der Waals surface area contributed by atoms with Crippen LogP contribution in [0.15, 0.2) is 24.3 Å². The molecule has 0 heterocycles. The quantitative estimate of drug-likeness (QED) is 0.831. The van der Waals surface area contributed by atoms with Gasteiger partial charge in [-0.25, -0.2) is 4.79 Å². The molecule has 0 atom stereocenters. The number of esters is 1. The number of phenolic OH excluding ortho intramolecular Hbond substituents is 2. The molecule has 0 aliphatic heterocycles. The highest BCUT2D eigenvalue weighted by Gasteiger charge is 2.20. The number of carbonyl (C=O) groups is 1. The largest absolute Gasteiger partial charge is 0.507 e. The highest BCUT2D eigenvalue weighted by atomic mass is 16.5. The van der Waals surface area contributed by atoms with Crippen molar-refractivity contribution < 1.29 is 24.5 Å². The first-order valence-electron chi connectivity index (χ1n) is 5.78. The lowest BCUT2D eigenvalue weighted by molar-refractivity contribution is 0.0520. The van der Waals surface area contributed by atoms with E-state index in [2.05, 4.69) is 0 Å². The smallest absolute Gasteiger partial charge is 0.345 e. The highest BCUT2D eigenvalue weighted by Crippen LogP contribution is 2.37. The van der Waals surface area contributed by atoms with Crippen LogP contribution in [0.4, 0.5) is 0 Å². The second kappa shape index (κ2) is 5.06. The van der Waals surface area contributed by atoms with E-state index in [0.29, 0.717) is 16.5 Å². The van der Waals surface area contributed by atoms with E-state index in [9.17, 15) is 15.0 Å². The number of phenols is 2. The molecule has 0 saturated carbocycles. The van der Waals surface area contributed by atoms with Crippen molar-refractivity contribution in [3.8, 4) is 17.2 Å². The van der Waals surface area contributed by atoms with Crippen LogP contribution in [0.25, 0.3) is 10.8 Å². The molecule has 0 amide bonds. The maximum atomic E-state index is 11.7. The molecule has 0 spiro atoms. The van der Waals surface area contributed by atoms with E-state index in [-0.39, 0.29) is 23.7 Å². The van der Waals surface area contributed by atoms with Gasteiger partial charge >= 0.3 is 5.97 Å². The number of rotatable bonds is 3. The fraction of sp³-hybridized carbons (Fsp3) is 0.214. The number of benzene rings is 2. The average molecular weight is 262 g/mol. The zero-order chi connectivity index (χ0) is 14.0. The molecule has 2 aromatic carbocycles. The lowest BCUT2D eigenvalue weighted by atomic mass is 10.0. The summed E-state index contributed by atoms with van der Waals surface area (Å²) >= 11 is 0. The summed E-state index contributed by atoms with van der Waals surface area (Å²) in [5.74, 6) is -0.779. The number of fused-ring (bicyclic) bond motifs is 1. The van der Waals surface area contributed by atoms with E-state index in [4.69, 9.17) is 9.47 Å². The Morgan fingerprint density at radius 3 is 2.63 bits per heavy atom. The summed E-state index contributed by atoms with van der Waals surface area (Å²) in [6.45, 7) is 1.82. The van der Waals surface area contributed by atoms with E-state index in [0.717, 1.165) is 0 Å². The third kappa shape index (κ3) is 2.27. The Labute approximate surface area is 110 Å². The van der Waals surface area contributed by atoms with Gasteiger partial charge in [0.05, 0.1) is 13.7 Å². The van der Waals surface area contributed by atoms with Crippen molar-refractivity contribution >= 4 is 16.7 Å². The van der Waals surface area contributed by atoms with Crippen molar-refractivity contribution in [2.75, 3.05) is 13.7 Å². The van der Waals surface area contributed by atoms with Gasteiger partial charge in [0.2, 0.25) is 0 Å². The van der Waals surface area contributed by atoms with Crippen molar-refractivity contribution in [1.29, 1.82) is 0 Å². The predicted octanol–water partition coefficient (Wildman–Crippen LogP) is 2.44. The first-order valence-corrected chi connectivity index (χ1v) is 5.78. The topological polar surface area (TPSA) is 76.0 Å². The molecule has 5 heteroatoms. The highest BCUT2D eigenvalue weighted by molar-refractivity contribution is 6.04. The van der Waals surface area contributed by atoms with Crippen molar-refractivity contribution in [3.05, 3.63) is 29.8 Å². The van der Waals surface area contributed by atoms with E-state index >= 15 is 0 Å². The molecule has 0 saturated heterocycles. The summed E-state index contributed by atoms with van der Waals surface area (Å²) in [5, 5.41) is 21.0. The summed E-state index contributed by atoms with van der Waals surface area (Å²) in [7, 11) is 1.52. The summed E-state index contributed by atoms with van der Waals surface area (Å²) in [5.41, 5.74) is -0.223. The first-order chi connectivity index (χ1) is 9.08. The Morgan fingerprint density at radius 2 is 2.00 bits per heavy atom. The minimum absolute atomic E-state index is 0.165. The van der Waals surface area contributed by atoms with E-state index in [1.807, 2.05) is 0 Å². The lowest BCUT2D eigenvalue weighted by Crippen LogP contribution is -2.05. The number of hydrogen-bond donors (Lipinski definition) is 2. The summed E-state index contributed by atoms with van der Waals surface area (Å²) in [6, 6.07) is 6.33. The second-order valence-electron chi connectivity index (χ2n) is 3.93. The molecule has 0 radical (unpaired) electrons. The summed E-state index contributed by atoms with van der Waals surface area (Å²) in [6.07, 6.45) is 0. The van der Waals surface area contributed by atoms with Gasteiger partial charge < -0.3 is 19.7 Å². The van der Waals surface area contributed by atoms with Gasteiger partial charge in [-0.1, -0.05) is 0 Å². The molecule has 0 aliphatic carbocycles. The van der Waals surface area contributed by atoms with E-state index in [1.54, 1.807) is 25.1 Å². The van der Waals surface area contributed by atoms with Crippen LogP contribution >= 0.6 is 0 Å². The van der Waals surface area contributed by atoms with Crippen LogP contribution in [0.2, 0.25) is 0 Å². The molecule has 0 aromatic heterocycles. The molecule has 0 aliphatic rings. The van der Waals surface area contributed by atoms with Crippen LogP contribution in [0.5, 0.6) is 17.2 Å². The van der Waals surface area contributed by atoms with E-state index in [1.165, 1.54) is 13.2 Å². The molecule has 0 unspecified atom stereocenters. The van der Waals surface area contributed by atoms with Gasteiger partial charge in [-0.3, -0.25) is 0 Å². The third-order valence-electron chi connectivity index (χ3n) is 2.78. The number of methoxy groups -OCH3 is 1. The standard InChI is InChI=1S/C14H14O5/c1-3-19-14(17)12-11(15)7-8-6-9(18-2)4-5-10(8)13(12)16/h4-7,15-16H,3H2,1-2H3. The molecular weight excluding hydrogens is 248 g/mol. The van der Waals surface area contributed by atoms with Crippen molar-refractivity contribution in [3.63, 3.8) is 0 Å². The van der Waals surface area contributed by atoms with E-state index < -0.39 is 5.97 Å². The first kappa shape index (κ1) is 13.0. The minimum Gasteiger partial charge on any atom is -0.507 e. The average Bonchev–Trinajstić information content (AvgIpc) is 2.38. The third-order valence-corrected chi connectivity index (χ3v) is 2.78. The van der Waals surface area contributed by atoms with Crippen LogP contribution in [-0.4, -0.2) is 29.9 Å². The monoisotopic (exact) mass is 262 g/mol. The van der Waals surface area contributed by atoms with Crippen LogP contribution < -0.4 is 4.74 Å². The van der Waals surface area contributed by atoms with Crippen molar-refractivity contribution in [2.24, 2.45) is 0 Å². The molecule has 19 heavy (non-hydrogen) atoms. The van der Waals surface area contributed by atoms with Crippen LogP contribution in [0.3, 0.4) is 0 Å². The SMILES string of the molecule is CCOC(=O)c1c(O)cc2cc(OC)ccc2c1O. The van der Waals surface area contributed by atoms with Crippen molar-refractivity contribution in [1.82, 2.24) is 0 Å². The molecule has 5 nitrogen and oxygen atoms in total. The van der Waals surface area contributed by atoms with Gasteiger partial charge in [0.15, 0.2) is 0 Å².